The molecule has 0 aliphatic carbocycles. The van der Waals surface area contributed by atoms with E-state index in [0.29, 0.717) is 6.54 Å². The number of benzene rings is 1. The SMILES string of the molecule is CC(=O)NC1CCN(c2ccc(Br)cc2CN)C1. The zero-order valence-electron chi connectivity index (χ0n) is 10.4. The summed E-state index contributed by atoms with van der Waals surface area (Å²) in [7, 11) is 0. The maximum absolute atomic E-state index is 11.1. The summed E-state index contributed by atoms with van der Waals surface area (Å²) in [5.41, 5.74) is 8.09. The fraction of sp³-hybridized carbons (Fsp3) is 0.462. The maximum atomic E-state index is 11.1. The average molecular weight is 312 g/mol. The minimum atomic E-state index is 0.0386. The third-order valence-electron chi connectivity index (χ3n) is 3.20. The van der Waals surface area contributed by atoms with E-state index in [1.165, 1.54) is 5.69 Å². The summed E-state index contributed by atoms with van der Waals surface area (Å²) in [6.07, 6.45) is 0.986. The van der Waals surface area contributed by atoms with Gasteiger partial charge in [-0.3, -0.25) is 4.79 Å². The number of rotatable bonds is 3. The lowest BCUT2D eigenvalue weighted by Crippen LogP contribution is -2.35. The van der Waals surface area contributed by atoms with Crippen molar-refractivity contribution in [1.29, 1.82) is 0 Å². The van der Waals surface area contributed by atoms with E-state index in [9.17, 15) is 4.79 Å². The monoisotopic (exact) mass is 311 g/mol. The number of carbonyl (C=O) groups is 1. The first-order valence-electron chi connectivity index (χ1n) is 6.10. The van der Waals surface area contributed by atoms with Crippen molar-refractivity contribution in [2.75, 3.05) is 18.0 Å². The maximum Gasteiger partial charge on any atom is 0.217 e. The van der Waals surface area contributed by atoms with E-state index < -0.39 is 0 Å². The van der Waals surface area contributed by atoms with Gasteiger partial charge in [-0.1, -0.05) is 15.9 Å². The van der Waals surface area contributed by atoms with Gasteiger partial charge in [-0.05, 0) is 30.2 Å². The van der Waals surface area contributed by atoms with Crippen LogP contribution in [0.5, 0.6) is 0 Å². The van der Waals surface area contributed by atoms with Crippen LogP contribution in [0.4, 0.5) is 5.69 Å². The number of nitrogens with one attached hydrogen (secondary N) is 1. The lowest BCUT2D eigenvalue weighted by atomic mass is 10.1. The Morgan fingerprint density at radius 2 is 2.39 bits per heavy atom. The van der Waals surface area contributed by atoms with E-state index in [2.05, 4.69) is 38.3 Å². The number of amides is 1. The third-order valence-corrected chi connectivity index (χ3v) is 3.69. The molecule has 1 amide bonds. The summed E-state index contributed by atoms with van der Waals surface area (Å²) in [6, 6.07) is 6.42. The van der Waals surface area contributed by atoms with Gasteiger partial charge in [0.15, 0.2) is 0 Å². The van der Waals surface area contributed by atoms with Gasteiger partial charge in [0.2, 0.25) is 5.91 Å². The van der Waals surface area contributed by atoms with E-state index in [4.69, 9.17) is 5.73 Å². The molecule has 0 radical (unpaired) electrons. The van der Waals surface area contributed by atoms with Crippen molar-refractivity contribution in [3.63, 3.8) is 0 Å². The number of nitrogens with zero attached hydrogens (tertiary/aromatic N) is 1. The lowest BCUT2D eigenvalue weighted by Gasteiger charge is -2.22. The topological polar surface area (TPSA) is 58.4 Å². The second-order valence-electron chi connectivity index (χ2n) is 4.61. The summed E-state index contributed by atoms with van der Waals surface area (Å²) in [4.78, 5) is 13.3. The molecule has 1 saturated heterocycles. The third kappa shape index (κ3) is 3.03. The Hall–Kier alpha value is -1.07. The van der Waals surface area contributed by atoms with Crippen LogP contribution in [0.15, 0.2) is 22.7 Å². The highest BCUT2D eigenvalue weighted by Gasteiger charge is 2.24. The van der Waals surface area contributed by atoms with Gasteiger partial charge in [0.1, 0.15) is 0 Å². The van der Waals surface area contributed by atoms with Crippen molar-refractivity contribution < 1.29 is 4.79 Å². The molecular weight excluding hydrogens is 294 g/mol. The molecule has 1 aromatic rings. The van der Waals surface area contributed by atoms with Crippen molar-refractivity contribution in [3.8, 4) is 0 Å². The molecule has 1 aliphatic heterocycles. The first-order chi connectivity index (χ1) is 8.60. The molecule has 0 spiro atoms. The van der Waals surface area contributed by atoms with E-state index in [-0.39, 0.29) is 11.9 Å². The summed E-state index contributed by atoms with van der Waals surface area (Å²) in [5, 5.41) is 2.97. The van der Waals surface area contributed by atoms with E-state index in [1.807, 2.05) is 6.07 Å². The van der Waals surface area contributed by atoms with Crippen molar-refractivity contribution >= 4 is 27.5 Å². The number of halogens is 1. The molecule has 5 heteroatoms. The van der Waals surface area contributed by atoms with Crippen LogP contribution in [0.3, 0.4) is 0 Å². The standard InChI is InChI=1S/C13H18BrN3O/c1-9(18)16-12-4-5-17(8-12)13-3-2-11(14)6-10(13)7-15/h2-3,6,12H,4-5,7-8,15H2,1H3,(H,16,18). The van der Waals surface area contributed by atoms with Crippen LogP contribution in [-0.4, -0.2) is 25.0 Å². The largest absolute Gasteiger partial charge is 0.369 e. The minimum absolute atomic E-state index is 0.0386. The van der Waals surface area contributed by atoms with Crippen LogP contribution in [0, 0.1) is 0 Å². The number of nitrogens with two attached hydrogens (primary N) is 1. The first-order valence-corrected chi connectivity index (χ1v) is 6.90. The molecule has 18 heavy (non-hydrogen) atoms. The molecule has 0 bridgehead atoms. The molecule has 1 aromatic carbocycles. The molecular formula is C13H18BrN3O. The van der Waals surface area contributed by atoms with Crippen molar-refractivity contribution in [2.45, 2.75) is 25.9 Å². The summed E-state index contributed by atoms with van der Waals surface area (Å²) < 4.78 is 1.05. The molecule has 1 unspecified atom stereocenters. The Morgan fingerprint density at radius 1 is 1.61 bits per heavy atom. The first kappa shape index (κ1) is 13.4. The van der Waals surface area contributed by atoms with Crippen LogP contribution in [0.1, 0.15) is 18.9 Å². The normalized spacial score (nSPS) is 19.1. The van der Waals surface area contributed by atoms with Gasteiger partial charge in [-0.15, -0.1) is 0 Å². The minimum Gasteiger partial charge on any atom is -0.369 e. The highest BCUT2D eigenvalue weighted by atomic mass is 79.9. The molecule has 2 rings (SSSR count). The smallest absolute Gasteiger partial charge is 0.217 e. The van der Waals surface area contributed by atoms with Gasteiger partial charge in [-0.25, -0.2) is 0 Å². The number of hydrogen-bond acceptors (Lipinski definition) is 3. The highest BCUT2D eigenvalue weighted by Crippen LogP contribution is 2.27. The van der Waals surface area contributed by atoms with Crippen molar-refractivity contribution in [1.82, 2.24) is 5.32 Å². The second-order valence-corrected chi connectivity index (χ2v) is 5.52. The molecule has 1 heterocycles. The summed E-state index contributed by atoms with van der Waals surface area (Å²) in [6.45, 7) is 3.90. The average Bonchev–Trinajstić information content (AvgIpc) is 2.76. The number of hydrogen-bond donors (Lipinski definition) is 2. The van der Waals surface area contributed by atoms with E-state index >= 15 is 0 Å². The van der Waals surface area contributed by atoms with Crippen LogP contribution in [0.2, 0.25) is 0 Å². The van der Waals surface area contributed by atoms with Gasteiger partial charge >= 0.3 is 0 Å². The fourth-order valence-corrected chi connectivity index (χ4v) is 2.82. The molecule has 3 N–H and O–H groups in total. The molecule has 1 atom stereocenters. The zero-order valence-corrected chi connectivity index (χ0v) is 12.0. The Kier molecular flexibility index (Phi) is 4.24. The Morgan fingerprint density at radius 3 is 3.06 bits per heavy atom. The van der Waals surface area contributed by atoms with Gasteiger partial charge < -0.3 is 16.0 Å². The lowest BCUT2D eigenvalue weighted by molar-refractivity contribution is -0.119. The molecule has 0 saturated carbocycles. The van der Waals surface area contributed by atoms with Crippen LogP contribution in [-0.2, 0) is 11.3 Å². The van der Waals surface area contributed by atoms with Crippen molar-refractivity contribution in [3.05, 3.63) is 28.2 Å². The van der Waals surface area contributed by atoms with E-state index in [1.54, 1.807) is 6.92 Å². The predicted molar refractivity (Wildman–Crippen MR) is 76.5 cm³/mol. The van der Waals surface area contributed by atoms with Gasteiger partial charge in [-0.2, -0.15) is 0 Å². The summed E-state index contributed by atoms with van der Waals surface area (Å²) >= 11 is 3.46. The molecule has 0 aromatic heterocycles. The Balaban J connectivity index is 2.11. The predicted octanol–water partition coefficient (Wildman–Crippen LogP) is 1.62. The van der Waals surface area contributed by atoms with Gasteiger partial charge in [0.05, 0.1) is 0 Å². The molecule has 1 aliphatic rings. The zero-order chi connectivity index (χ0) is 13.1. The second kappa shape index (κ2) is 5.71. The summed E-state index contributed by atoms with van der Waals surface area (Å²) in [5.74, 6) is 0.0386. The Labute approximate surface area is 116 Å². The van der Waals surface area contributed by atoms with Crippen LogP contribution in [0.25, 0.3) is 0 Å². The van der Waals surface area contributed by atoms with E-state index in [0.717, 1.165) is 29.5 Å². The number of anilines is 1. The van der Waals surface area contributed by atoms with Crippen LogP contribution >= 0.6 is 15.9 Å². The molecule has 4 nitrogen and oxygen atoms in total. The molecule has 1 fully saturated rings. The van der Waals surface area contributed by atoms with Crippen LogP contribution < -0.4 is 16.0 Å². The Bertz CT molecular complexity index is 450. The van der Waals surface area contributed by atoms with Gasteiger partial charge in [0.25, 0.3) is 0 Å². The quantitative estimate of drug-likeness (QED) is 0.892. The highest BCUT2D eigenvalue weighted by molar-refractivity contribution is 9.10. The number of carbonyl (C=O) groups excluding carboxylic acids is 1. The fourth-order valence-electron chi connectivity index (χ4n) is 2.41. The van der Waals surface area contributed by atoms with Gasteiger partial charge in [0, 0.05) is 42.8 Å². The molecule has 98 valence electrons. The van der Waals surface area contributed by atoms with Crippen molar-refractivity contribution in [2.24, 2.45) is 5.73 Å².